The molecule has 0 amide bonds. The van der Waals surface area contributed by atoms with Gasteiger partial charge < -0.3 is 0 Å². The van der Waals surface area contributed by atoms with Crippen molar-refractivity contribution in [2.45, 2.75) is 0 Å². The van der Waals surface area contributed by atoms with Crippen LogP contribution in [0.3, 0.4) is 0 Å². The molecule has 0 aliphatic heterocycles. The number of allylic oxidation sites excluding steroid dienone is 10. The molecule has 2 aliphatic carbocycles. The van der Waals surface area contributed by atoms with Crippen LogP contribution in [0, 0.1) is 90.6 Å². The predicted octanol–water partition coefficient (Wildman–Crippen LogP) is 3.49. The van der Waals surface area contributed by atoms with Crippen LogP contribution >= 0.6 is 0 Å². The van der Waals surface area contributed by atoms with E-state index in [1.807, 2.05) is 24.3 Å². The van der Waals surface area contributed by atoms with Crippen LogP contribution in [0.5, 0.6) is 0 Å². The van der Waals surface area contributed by atoms with Gasteiger partial charge in [0.25, 0.3) is 0 Å². The Kier molecular flexibility index (Phi) is 6.11. The Morgan fingerprint density at radius 3 is 1.08 bits per heavy atom. The molecule has 2 aliphatic rings. The van der Waals surface area contributed by atoms with E-state index < -0.39 is 11.1 Å². The Labute approximate surface area is 215 Å². The monoisotopic (exact) mass is 482 g/mol. The SMILES string of the molecule is N#CC(C#N)=C1C2=C(C(C#N)=C1c1ccc(C#N)cn1)C(=C(C#N)C#N)C(c1ccc(C#N)cn1)=C2C#N. The molecule has 2 aromatic rings. The van der Waals surface area contributed by atoms with Crippen LogP contribution in [-0.2, 0) is 0 Å². The topological polar surface area (TPSA) is 216 Å². The minimum atomic E-state index is -0.430. The fraction of sp³-hybridized carbons (Fsp3) is 0. The van der Waals surface area contributed by atoms with Gasteiger partial charge in [-0.05, 0) is 24.3 Å². The highest BCUT2D eigenvalue weighted by Crippen LogP contribution is 2.57. The number of hydrogen-bond acceptors (Lipinski definition) is 10. The summed E-state index contributed by atoms with van der Waals surface area (Å²) in [7, 11) is 0. The highest BCUT2D eigenvalue weighted by Gasteiger charge is 2.44. The Morgan fingerprint density at radius 2 is 0.842 bits per heavy atom. The van der Waals surface area contributed by atoms with Crippen LogP contribution in [0.4, 0.5) is 0 Å². The van der Waals surface area contributed by atoms with Crippen molar-refractivity contribution in [3.8, 4) is 48.6 Å². The van der Waals surface area contributed by atoms with Crippen LogP contribution in [-0.4, -0.2) is 9.97 Å². The van der Waals surface area contributed by atoms with Gasteiger partial charge in [0.2, 0.25) is 0 Å². The number of hydrogen-bond donors (Lipinski definition) is 0. The number of aromatic nitrogens is 2. The predicted molar refractivity (Wildman–Crippen MR) is 126 cm³/mol. The lowest BCUT2D eigenvalue weighted by atomic mass is 9.87. The fourth-order valence-electron chi connectivity index (χ4n) is 4.23. The summed E-state index contributed by atoms with van der Waals surface area (Å²) in [6.07, 6.45) is 2.49. The molecule has 0 atom stereocenters. The molecule has 0 radical (unpaired) electrons. The minimum Gasteiger partial charge on any atom is -0.255 e. The van der Waals surface area contributed by atoms with E-state index in [1.165, 1.54) is 36.7 Å². The first-order valence-electron chi connectivity index (χ1n) is 10.4. The van der Waals surface area contributed by atoms with E-state index in [-0.39, 0.29) is 67.1 Å². The van der Waals surface area contributed by atoms with Crippen molar-refractivity contribution in [2.24, 2.45) is 0 Å². The van der Waals surface area contributed by atoms with Crippen LogP contribution in [0.25, 0.3) is 11.1 Å². The summed E-state index contributed by atoms with van der Waals surface area (Å²) < 4.78 is 0. The van der Waals surface area contributed by atoms with E-state index >= 15 is 0 Å². The van der Waals surface area contributed by atoms with Crippen molar-refractivity contribution in [1.29, 1.82) is 42.1 Å². The van der Waals surface area contributed by atoms with Crippen molar-refractivity contribution < 1.29 is 0 Å². The molecule has 38 heavy (non-hydrogen) atoms. The second kappa shape index (κ2) is 9.65. The maximum Gasteiger partial charge on any atom is 0.138 e. The molecule has 0 N–H and O–H groups in total. The minimum absolute atomic E-state index is 0.0162. The summed E-state index contributed by atoms with van der Waals surface area (Å²) in [5.41, 5.74) is -0.378. The van der Waals surface area contributed by atoms with Crippen LogP contribution < -0.4 is 0 Å². The van der Waals surface area contributed by atoms with Gasteiger partial charge in [-0.2, -0.15) is 42.1 Å². The van der Waals surface area contributed by atoms with E-state index in [4.69, 9.17) is 10.5 Å². The quantitative estimate of drug-likeness (QED) is 0.567. The lowest BCUT2D eigenvalue weighted by molar-refractivity contribution is 1.24. The maximum absolute atomic E-state index is 10.3. The van der Waals surface area contributed by atoms with Gasteiger partial charge >= 0.3 is 0 Å². The molecule has 0 fully saturated rings. The van der Waals surface area contributed by atoms with Gasteiger partial charge in [-0.25, -0.2) is 0 Å². The molecule has 0 unspecified atom stereocenters. The van der Waals surface area contributed by atoms with Gasteiger partial charge in [0.15, 0.2) is 0 Å². The van der Waals surface area contributed by atoms with Crippen molar-refractivity contribution in [1.82, 2.24) is 9.97 Å². The Morgan fingerprint density at radius 1 is 0.474 bits per heavy atom. The second-order valence-corrected chi connectivity index (χ2v) is 7.51. The standard InChI is InChI=1S/C28H6N10/c29-5-15-1-3-21(37-13-15)25-19(11-35)27-24(18(9-33)10-34)26(22-4-2-16(6-30)14-38-22)20(12-36)28(27)23(25)17(7-31)8-32/h1-4,13-14H. The van der Waals surface area contributed by atoms with Crippen molar-refractivity contribution in [3.05, 3.63) is 104 Å². The van der Waals surface area contributed by atoms with E-state index in [0.29, 0.717) is 0 Å². The molecule has 0 bridgehead atoms. The van der Waals surface area contributed by atoms with E-state index in [9.17, 15) is 31.6 Å². The first-order chi connectivity index (χ1) is 18.5. The Bertz CT molecular complexity index is 1780. The van der Waals surface area contributed by atoms with Gasteiger partial charge in [-0.3, -0.25) is 9.97 Å². The smallest absolute Gasteiger partial charge is 0.138 e. The van der Waals surface area contributed by atoms with Crippen molar-refractivity contribution in [3.63, 3.8) is 0 Å². The number of nitriles is 8. The maximum atomic E-state index is 10.3. The molecule has 2 aromatic heterocycles. The fourth-order valence-corrected chi connectivity index (χ4v) is 4.23. The summed E-state index contributed by atoms with van der Waals surface area (Å²) in [5, 5.41) is 78.0. The molecule has 0 aromatic carbocycles. The van der Waals surface area contributed by atoms with Crippen LogP contribution in [0.2, 0.25) is 0 Å². The third-order valence-corrected chi connectivity index (χ3v) is 5.72. The van der Waals surface area contributed by atoms with Gasteiger partial charge in [-0.1, -0.05) is 0 Å². The third-order valence-electron chi connectivity index (χ3n) is 5.72. The number of nitrogens with zero attached hydrogens (tertiary/aromatic N) is 10. The zero-order valence-electron chi connectivity index (χ0n) is 18.9. The molecule has 4 rings (SSSR count). The molecule has 10 nitrogen and oxygen atoms in total. The summed E-state index contributed by atoms with van der Waals surface area (Å²) in [6, 6.07) is 20.8. The Hall–Kier alpha value is -7.08. The van der Waals surface area contributed by atoms with Crippen LogP contribution in [0.1, 0.15) is 22.5 Å². The summed E-state index contributed by atoms with van der Waals surface area (Å²) in [5.74, 6) is 0. The van der Waals surface area contributed by atoms with Crippen LogP contribution in [0.15, 0.2) is 81.2 Å². The van der Waals surface area contributed by atoms with Gasteiger partial charge in [-0.15, -0.1) is 0 Å². The number of pyridine rings is 2. The van der Waals surface area contributed by atoms with Gasteiger partial charge in [0, 0.05) is 45.8 Å². The summed E-state index contributed by atoms with van der Waals surface area (Å²) in [4.78, 5) is 8.43. The second-order valence-electron chi connectivity index (χ2n) is 7.51. The molecule has 0 spiro atoms. The highest BCUT2D eigenvalue weighted by molar-refractivity contribution is 6.10. The Balaban J connectivity index is 2.20. The largest absolute Gasteiger partial charge is 0.255 e. The molecule has 2 heterocycles. The molecular formula is C28H6N10. The zero-order valence-corrected chi connectivity index (χ0v) is 18.9. The first kappa shape index (κ1) is 24.1. The van der Waals surface area contributed by atoms with Crippen molar-refractivity contribution >= 4 is 11.1 Å². The lowest BCUT2D eigenvalue weighted by Crippen LogP contribution is -2.03. The normalized spacial score (nSPS) is 13.2. The van der Waals surface area contributed by atoms with E-state index in [2.05, 4.69) is 9.97 Å². The average molecular weight is 482 g/mol. The molecule has 168 valence electrons. The van der Waals surface area contributed by atoms with Crippen molar-refractivity contribution in [2.75, 3.05) is 0 Å². The molecular weight excluding hydrogens is 476 g/mol. The molecule has 0 saturated carbocycles. The molecule has 0 saturated heterocycles. The lowest BCUT2D eigenvalue weighted by Gasteiger charge is -2.13. The average Bonchev–Trinajstić information content (AvgIpc) is 3.47. The van der Waals surface area contributed by atoms with E-state index in [0.717, 1.165) is 0 Å². The summed E-state index contributed by atoms with van der Waals surface area (Å²) >= 11 is 0. The third kappa shape index (κ3) is 3.44. The van der Waals surface area contributed by atoms with E-state index in [1.54, 1.807) is 24.3 Å². The van der Waals surface area contributed by atoms with Gasteiger partial charge in [0.1, 0.15) is 59.7 Å². The highest BCUT2D eigenvalue weighted by atomic mass is 14.7. The van der Waals surface area contributed by atoms with Gasteiger partial charge in [0.05, 0.1) is 33.7 Å². The zero-order chi connectivity index (χ0) is 27.4. The molecule has 10 heteroatoms. The number of rotatable bonds is 2. The summed E-state index contributed by atoms with van der Waals surface area (Å²) in [6.45, 7) is 0. The first-order valence-corrected chi connectivity index (χ1v) is 10.4.